The van der Waals surface area contributed by atoms with Gasteiger partial charge in [0.05, 0.1) is 9.92 Å². The van der Waals surface area contributed by atoms with Gasteiger partial charge in [0.15, 0.2) is 0 Å². The molecule has 3 aromatic rings. The zero-order chi connectivity index (χ0) is 31.6. The minimum atomic E-state index is -4.09. The first kappa shape index (κ1) is 34.7. The molecule has 1 atom stereocenters. The van der Waals surface area contributed by atoms with Crippen molar-refractivity contribution in [1.29, 1.82) is 0 Å². The topological polar surface area (TPSA) is 125 Å². The summed E-state index contributed by atoms with van der Waals surface area (Å²) in [7, 11) is -8.00. The van der Waals surface area contributed by atoms with E-state index in [9.17, 15) is 26.0 Å². The molecule has 0 aliphatic carbocycles. The highest BCUT2D eigenvalue weighted by molar-refractivity contribution is 7.89. The highest BCUT2D eigenvalue weighted by atomic mass is 35.5. The van der Waals surface area contributed by atoms with Crippen LogP contribution in [0.2, 0.25) is 10.0 Å². The van der Waals surface area contributed by atoms with Gasteiger partial charge in [0, 0.05) is 36.4 Å². The number of carbonyl (C=O) groups is 1. The standard InChI is InChI=1S/C29H35Cl2FN4O5S2/c1-21(2)18-25(35-29(37)34-24-8-4-3-5-9-24)20-36(43(40,41)26-13-11-23(32)12-14-26)17-7-6-16-33-42(38,39)28-15-10-22(30)19-27(28)31/h3-5,8-15,19,21,25,33H,6-7,16-18,20H2,1-2H3,(H2,34,35,37)/t25-/m1/s1. The van der Waals surface area contributed by atoms with Gasteiger partial charge in [-0.15, -0.1) is 0 Å². The third-order valence-corrected chi connectivity index (χ3v) is 10.4. The first-order valence-electron chi connectivity index (χ1n) is 13.6. The van der Waals surface area contributed by atoms with Crippen LogP contribution < -0.4 is 15.4 Å². The van der Waals surface area contributed by atoms with Crippen molar-refractivity contribution in [3.8, 4) is 0 Å². The van der Waals surface area contributed by atoms with E-state index >= 15 is 0 Å². The Balaban J connectivity index is 1.72. The van der Waals surface area contributed by atoms with Gasteiger partial charge in [0.1, 0.15) is 10.7 Å². The second-order valence-corrected chi connectivity index (χ2v) is 14.8. The number of anilines is 1. The van der Waals surface area contributed by atoms with E-state index in [0.717, 1.165) is 12.1 Å². The Bertz CT molecular complexity index is 1580. The Hall–Kier alpha value is -2.74. The van der Waals surface area contributed by atoms with E-state index in [1.54, 1.807) is 24.3 Å². The maximum atomic E-state index is 13.7. The second kappa shape index (κ2) is 15.8. The van der Waals surface area contributed by atoms with E-state index in [2.05, 4.69) is 15.4 Å². The van der Waals surface area contributed by atoms with Gasteiger partial charge in [0.25, 0.3) is 0 Å². The Labute approximate surface area is 262 Å². The number of amides is 2. The summed E-state index contributed by atoms with van der Waals surface area (Å²) in [5, 5.41) is 5.91. The molecular weight excluding hydrogens is 638 g/mol. The molecule has 3 rings (SSSR count). The number of sulfonamides is 2. The van der Waals surface area contributed by atoms with Crippen LogP contribution in [-0.4, -0.2) is 52.8 Å². The van der Waals surface area contributed by atoms with E-state index in [1.807, 2.05) is 19.9 Å². The molecule has 3 aromatic carbocycles. The zero-order valence-corrected chi connectivity index (χ0v) is 26.9. The lowest BCUT2D eigenvalue weighted by Crippen LogP contribution is -2.48. The number of hydrogen-bond donors (Lipinski definition) is 3. The number of hydrogen-bond acceptors (Lipinski definition) is 5. The number of nitrogens with one attached hydrogen (secondary N) is 3. The summed E-state index contributed by atoms with van der Waals surface area (Å²) < 4.78 is 70.0. The number of benzene rings is 3. The highest BCUT2D eigenvalue weighted by Crippen LogP contribution is 2.25. The average Bonchev–Trinajstić information content (AvgIpc) is 2.92. The summed E-state index contributed by atoms with van der Waals surface area (Å²) in [6.45, 7) is 3.92. The summed E-state index contributed by atoms with van der Waals surface area (Å²) in [5.41, 5.74) is 0.585. The van der Waals surface area contributed by atoms with Crippen LogP contribution in [0.4, 0.5) is 14.9 Å². The predicted octanol–water partition coefficient (Wildman–Crippen LogP) is 6.12. The van der Waals surface area contributed by atoms with Crippen LogP contribution in [0, 0.1) is 11.7 Å². The lowest BCUT2D eigenvalue weighted by atomic mass is 10.0. The third kappa shape index (κ3) is 10.7. The van der Waals surface area contributed by atoms with Crippen LogP contribution in [0.15, 0.2) is 82.6 Å². The Kier molecular flexibility index (Phi) is 12.8. The van der Waals surface area contributed by atoms with Gasteiger partial charge >= 0.3 is 6.03 Å². The summed E-state index contributed by atoms with van der Waals surface area (Å²) in [6, 6.07) is 16.4. The zero-order valence-electron chi connectivity index (χ0n) is 23.8. The summed E-state index contributed by atoms with van der Waals surface area (Å²) in [4.78, 5) is 12.6. The molecule has 3 N–H and O–H groups in total. The van der Waals surface area contributed by atoms with Gasteiger partial charge in [-0.3, -0.25) is 0 Å². The van der Waals surface area contributed by atoms with Crippen LogP contribution in [0.5, 0.6) is 0 Å². The molecule has 0 saturated heterocycles. The molecule has 0 spiro atoms. The lowest BCUT2D eigenvalue weighted by molar-refractivity contribution is 0.241. The van der Waals surface area contributed by atoms with Crippen molar-refractivity contribution in [3.63, 3.8) is 0 Å². The van der Waals surface area contributed by atoms with Crippen LogP contribution in [0.1, 0.15) is 33.1 Å². The third-order valence-electron chi connectivity index (χ3n) is 6.31. The van der Waals surface area contributed by atoms with Gasteiger partial charge in [-0.2, -0.15) is 4.31 Å². The van der Waals surface area contributed by atoms with Crippen molar-refractivity contribution in [2.75, 3.05) is 25.0 Å². The first-order valence-corrected chi connectivity index (χ1v) is 17.3. The molecule has 43 heavy (non-hydrogen) atoms. The Morgan fingerprint density at radius 3 is 2.23 bits per heavy atom. The minimum absolute atomic E-state index is 0.0171. The number of para-hydroxylation sites is 1. The molecule has 0 saturated carbocycles. The Morgan fingerprint density at radius 1 is 0.930 bits per heavy atom. The molecule has 0 aliphatic rings. The molecule has 0 aliphatic heterocycles. The largest absolute Gasteiger partial charge is 0.334 e. The minimum Gasteiger partial charge on any atom is -0.334 e. The van der Waals surface area contributed by atoms with Gasteiger partial charge in [-0.25, -0.2) is 30.7 Å². The number of carbonyl (C=O) groups excluding carboxylic acids is 1. The van der Waals surface area contributed by atoms with E-state index in [4.69, 9.17) is 23.2 Å². The smallest absolute Gasteiger partial charge is 0.319 e. The maximum Gasteiger partial charge on any atom is 0.319 e. The molecule has 0 bridgehead atoms. The number of unbranched alkanes of at least 4 members (excludes halogenated alkanes) is 1. The SMILES string of the molecule is CC(C)C[C@H](CN(CCCCNS(=O)(=O)c1ccc(Cl)cc1Cl)S(=O)(=O)c1ccc(F)cc1)NC(=O)Nc1ccccc1. The number of rotatable bonds is 15. The fraction of sp³-hybridized carbons (Fsp3) is 0.345. The molecule has 14 heteroatoms. The van der Waals surface area contributed by atoms with Gasteiger partial charge in [0.2, 0.25) is 20.0 Å². The monoisotopic (exact) mass is 672 g/mol. The van der Waals surface area contributed by atoms with Crippen molar-refractivity contribution in [2.45, 2.75) is 48.9 Å². The molecule has 234 valence electrons. The summed E-state index contributed by atoms with van der Waals surface area (Å²) in [5.74, 6) is -0.443. The molecule has 2 amide bonds. The van der Waals surface area contributed by atoms with E-state index in [0.29, 0.717) is 30.0 Å². The average molecular weight is 674 g/mol. The van der Waals surface area contributed by atoms with Crippen molar-refractivity contribution < 1.29 is 26.0 Å². The molecule has 0 fully saturated rings. The van der Waals surface area contributed by atoms with Crippen molar-refractivity contribution in [2.24, 2.45) is 5.92 Å². The summed E-state index contributed by atoms with van der Waals surface area (Å²) >= 11 is 11.9. The van der Waals surface area contributed by atoms with Gasteiger partial charge < -0.3 is 10.6 Å². The number of halogens is 3. The molecule has 0 heterocycles. The van der Waals surface area contributed by atoms with Crippen LogP contribution >= 0.6 is 23.2 Å². The number of nitrogens with zero attached hydrogens (tertiary/aromatic N) is 1. The van der Waals surface area contributed by atoms with Crippen molar-refractivity contribution in [1.82, 2.24) is 14.3 Å². The van der Waals surface area contributed by atoms with Crippen LogP contribution in [-0.2, 0) is 20.0 Å². The van der Waals surface area contributed by atoms with Gasteiger partial charge in [-0.05, 0) is 79.8 Å². The predicted molar refractivity (Wildman–Crippen MR) is 168 cm³/mol. The van der Waals surface area contributed by atoms with E-state index in [-0.39, 0.29) is 40.4 Å². The van der Waals surface area contributed by atoms with E-state index < -0.39 is 37.9 Å². The van der Waals surface area contributed by atoms with Crippen LogP contribution in [0.3, 0.4) is 0 Å². The van der Waals surface area contributed by atoms with Crippen molar-refractivity contribution in [3.05, 3.63) is 88.7 Å². The number of urea groups is 1. The second-order valence-electron chi connectivity index (χ2n) is 10.3. The van der Waals surface area contributed by atoms with Crippen molar-refractivity contribution >= 4 is 55.0 Å². The fourth-order valence-electron chi connectivity index (χ4n) is 4.32. The van der Waals surface area contributed by atoms with Gasteiger partial charge in [-0.1, -0.05) is 55.2 Å². The Morgan fingerprint density at radius 2 is 1.60 bits per heavy atom. The normalized spacial score (nSPS) is 12.8. The molecule has 9 nitrogen and oxygen atoms in total. The molecular formula is C29H35Cl2FN4O5S2. The first-order chi connectivity index (χ1) is 20.3. The summed E-state index contributed by atoms with van der Waals surface area (Å²) in [6.07, 6.45) is 1.08. The van der Waals surface area contributed by atoms with E-state index in [1.165, 1.54) is 34.6 Å². The fourth-order valence-corrected chi connectivity index (χ4v) is 7.69. The lowest BCUT2D eigenvalue weighted by Gasteiger charge is -2.29. The highest BCUT2D eigenvalue weighted by Gasteiger charge is 2.28. The molecule has 0 radical (unpaired) electrons. The maximum absolute atomic E-state index is 13.7. The molecule has 0 aromatic heterocycles. The van der Waals surface area contributed by atoms with Crippen LogP contribution in [0.25, 0.3) is 0 Å². The quantitative estimate of drug-likeness (QED) is 0.168. The molecule has 0 unspecified atom stereocenters.